The molecule has 0 bridgehead atoms. The van der Waals surface area contributed by atoms with E-state index < -0.39 is 0 Å². The van der Waals surface area contributed by atoms with E-state index in [2.05, 4.69) is 45.3 Å². The van der Waals surface area contributed by atoms with E-state index in [4.69, 9.17) is 0 Å². The number of hydrogen-bond donors (Lipinski definition) is 2. The molecular formula is C16H32N2. The van der Waals surface area contributed by atoms with E-state index in [1.165, 1.54) is 45.3 Å². The van der Waals surface area contributed by atoms with Crippen molar-refractivity contribution in [3.63, 3.8) is 0 Å². The zero-order chi connectivity index (χ0) is 13.4. The van der Waals surface area contributed by atoms with E-state index in [1.54, 1.807) is 0 Å². The van der Waals surface area contributed by atoms with Crippen LogP contribution in [0.5, 0.6) is 0 Å². The van der Waals surface area contributed by atoms with Gasteiger partial charge in [-0.25, -0.2) is 0 Å². The van der Waals surface area contributed by atoms with Crippen molar-refractivity contribution in [2.24, 2.45) is 16.7 Å². The molecule has 1 aliphatic carbocycles. The summed E-state index contributed by atoms with van der Waals surface area (Å²) >= 11 is 0. The number of hydrogen-bond acceptors (Lipinski definition) is 2. The van der Waals surface area contributed by atoms with Gasteiger partial charge in [-0.15, -0.1) is 0 Å². The zero-order valence-corrected chi connectivity index (χ0v) is 13.0. The normalized spacial score (nSPS) is 27.5. The fourth-order valence-corrected chi connectivity index (χ4v) is 4.05. The third-order valence-electron chi connectivity index (χ3n) is 4.76. The molecule has 0 aromatic carbocycles. The van der Waals surface area contributed by atoms with Gasteiger partial charge >= 0.3 is 0 Å². The summed E-state index contributed by atoms with van der Waals surface area (Å²) in [6.07, 6.45) is 5.51. The van der Waals surface area contributed by atoms with Crippen LogP contribution in [0.1, 0.15) is 60.3 Å². The van der Waals surface area contributed by atoms with Gasteiger partial charge in [-0.05, 0) is 75.9 Å². The van der Waals surface area contributed by atoms with Gasteiger partial charge in [0.1, 0.15) is 0 Å². The lowest BCUT2D eigenvalue weighted by atomic mass is 9.81. The van der Waals surface area contributed by atoms with Gasteiger partial charge in [0.2, 0.25) is 0 Å². The fraction of sp³-hybridized carbons (Fsp3) is 1.00. The third-order valence-corrected chi connectivity index (χ3v) is 4.76. The first-order valence-corrected chi connectivity index (χ1v) is 7.68. The first-order valence-electron chi connectivity index (χ1n) is 7.68. The van der Waals surface area contributed by atoms with Crippen molar-refractivity contribution in [3.05, 3.63) is 0 Å². The van der Waals surface area contributed by atoms with E-state index in [0.717, 1.165) is 11.3 Å². The van der Waals surface area contributed by atoms with Gasteiger partial charge in [-0.2, -0.15) is 0 Å². The van der Waals surface area contributed by atoms with Crippen molar-refractivity contribution in [2.75, 3.05) is 19.6 Å². The number of nitrogens with one attached hydrogen (secondary N) is 2. The fourth-order valence-electron chi connectivity index (χ4n) is 4.05. The molecule has 2 heteroatoms. The monoisotopic (exact) mass is 252 g/mol. The molecule has 0 aromatic heterocycles. The highest BCUT2D eigenvalue weighted by molar-refractivity contribution is 5.05. The Bertz CT molecular complexity index is 282. The van der Waals surface area contributed by atoms with Crippen LogP contribution in [0.3, 0.4) is 0 Å². The number of piperidine rings is 1. The van der Waals surface area contributed by atoms with Gasteiger partial charge < -0.3 is 10.6 Å². The Hall–Kier alpha value is -0.0800. The second-order valence-electron chi connectivity index (χ2n) is 8.52. The lowest BCUT2D eigenvalue weighted by Crippen LogP contribution is -2.44. The molecule has 1 saturated carbocycles. The average molecular weight is 252 g/mol. The van der Waals surface area contributed by atoms with Crippen molar-refractivity contribution in [1.29, 1.82) is 0 Å². The standard InChI is InChI=1S/C16H32N2/c1-14(2,3)12-15(4,5)18-11-13-10-16(13)6-8-17-9-7-16/h13,17-18H,6-12H2,1-5H3. The molecule has 2 rings (SSSR count). The van der Waals surface area contributed by atoms with E-state index in [0.29, 0.717) is 5.41 Å². The molecule has 18 heavy (non-hydrogen) atoms. The van der Waals surface area contributed by atoms with E-state index in [9.17, 15) is 0 Å². The zero-order valence-electron chi connectivity index (χ0n) is 13.0. The molecule has 2 nitrogen and oxygen atoms in total. The molecule has 1 aliphatic heterocycles. The van der Waals surface area contributed by atoms with Crippen molar-refractivity contribution in [1.82, 2.24) is 10.6 Å². The van der Waals surface area contributed by atoms with Gasteiger partial charge in [0.15, 0.2) is 0 Å². The molecule has 1 atom stereocenters. The lowest BCUT2D eigenvalue weighted by molar-refractivity contribution is 0.231. The van der Waals surface area contributed by atoms with Crippen molar-refractivity contribution in [2.45, 2.75) is 65.8 Å². The molecule has 0 amide bonds. The Morgan fingerprint density at radius 2 is 1.72 bits per heavy atom. The number of rotatable bonds is 4. The maximum atomic E-state index is 3.83. The average Bonchev–Trinajstić information content (AvgIpc) is 2.86. The molecule has 106 valence electrons. The van der Waals surface area contributed by atoms with Crippen molar-refractivity contribution in [3.8, 4) is 0 Å². The van der Waals surface area contributed by atoms with Gasteiger partial charge in [0.25, 0.3) is 0 Å². The first-order chi connectivity index (χ1) is 8.23. The van der Waals surface area contributed by atoms with Crippen LogP contribution in [-0.4, -0.2) is 25.2 Å². The van der Waals surface area contributed by atoms with Crippen molar-refractivity contribution < 1.29 is 0 Å². The second-order valence-corrected chi connectivity index (χ2v) is 8.52. The maximum Gasteiger partial charge on any atom is 0.0130 e. The quantitative estimate of drug-likeness (QED) is 0.803. The van der Waals surface area contributed by atoms with Crippen LogP contribution in [0, 0.1) is 16.7 Å². The summed E-state index contributed by atoms with van der Waals surface area (Å²) in [6.45, 7) is 15.4. The van der Waals surface area contributed by atoms with Gasteiger partial charge in [-0.1, -0.05) is 20.8 Å². The third kappa shape index (κ3) is 3.71. The predicted molar refractivity (Wildman–Crippen MR) is 78.8 cm³/mol. The molecule has 1 spiro atoms. The van der Waals surface area contributed by atoms with E-state index >= 15 is 0 Å². The Kier molecular flexibility index (Phi) is 3.81. The lowest BCUT2D eigenvalue weighted by Gasteiger charge is -2.34. The predicted octanol–water partition coefficient (Wildman–Crippen LogP) is 3.18. The molecule has 2 N–H and O–H groups in total. The summed E-state index contributed by atoms with van der Waals surface area (Å²) in [5, 5.41) is 7.31. The van der Waals surface area contributed by atoms with Crippen molar-refractivity contribution >= 4 is 0 Å². The molecule has 0 radical (unpaired) electrons. The highest BCUT2D eigenvalue weighted by Crippen LogP contribution is 2.58. The second kappa shape index (κ2) is 4.79. The highest BCUT2D eigenvalue weighted by atomic mass is 15.0. The Morgan fingerprint density at radius 1 is 1.11 bits per heavy atom. The summed E-state index contributed by atoms with van der Waals surface area (Å²) in [7, 11) is 0. The largest absolute Gasteiger partial charge is 0.317 e. The van der Waals surface area contributed by atoms with E-state index in [-0.39, 0.29) is 5.54 Å². The van der Waals surface area contributed by atoms with Gasteiger partial charge in [0, 0.05) is 5.54 Å². The molecule has 1 unspecified atom stereocenters. The Balaban J connectivity index is 1.75. The van der Waals surface area contributed by atoms with Crippen LogP contribution in [0.15, 0.2) is 0 Å². The van der Waals surface area contributed by atoms with Gasteiger partial charge in [0.05, 0.1) is 0 Å². The molecule has 0 aromatic rings. The Labute approximate surface area is 113 Å². The van der Waals surface area contributed by atoms with Crippen LogP contribution in [0.25, 0.3) is 0 Å². The van der Waals surface area contributed by atoms with Crippen LogP contribution in [-0.2, 0) is 0 Å². The maximum absolute atomic E-state index is 3.83. The molecule has 1 heterocycles. The highest BCUT2D eigenvalue weighted by Gasteiger charge is 2.53. The summed E-state index contributed by atoms with van der Waals surface area (Å²) in [4.78, 5) is 0. The minimum absolute atomic E-state index is 0.273. The Morgan fingerprint density at radius 3 is 2.28 bits per heavy atom. The molecular weight excluding hydrogens is 220 g/mol. The first kappa shape index (κ1) is 14.3. The minimum Gasteiger partial charge on any atom is -0.317 e. The molecule has 2 aliphatic rings. The summed E-state index contributed by atoms with van der Waals surface area (Å²) in [6, 6.07) is 0. The SMILES string of the molecule is CC(C)(C)CC(C)(C)NCC1CC12CCNCC2. The molecule has 2 fully saturated rings. The van der Waals surface area contributed by atoms with Crippen LogP contribution in [0.4, 0.5) is 0 Å². The summed E-state index contributed by atoms with van der Waals surface area (Å²) in [5.41, 5.74) is 1.40. The topological polar surface area (TPSA) is 24.1 Å². The smallest absolute Gasteiger partial charge is 0.0130 e. The van der Waals surface area contributed by atoms with Crippen LogP contribution < -0.4 is 10.6 Å². The summed E-state index contributed by atoms with van der Waals surface area (Å²) < 4.78 is 0. The van der Waals surface area contributed by atoms with Gasteiger partial charge in [-0.3, -0.25) is 0 Å². The van der Waals surface area contributed by atoms with Crippen LogP contribution in [0.2, 0.25) is 0 Å². The molecule has 1 saturated heterocycles. The van der Waals surface area contributed by atoms with Crippen LogP contribution >= 0.6 is 0 Å². The minimum atomic E-state index is 0.273. The summed E-state index contributed by atoms with van der Waals surface area (Å²) in [5.74, 6) is 0.943. The van der Waals surface area contributed by atoms with E-state index in [1.807, 2.05) is 0 Å².